The summed E-state index contributed by atoms with van der Waals surface area (Å²) in [5.74, 6) is -0.179. The van der Waals surface area contributed by atoms with Crippen LogP contribution in [0, 0.1) is 11.3 Å². The van der Waals surface area contributed by atoms with Crippen LogP contribution in [-0.4, -0.2) is 30.3 Å². The first-order valence-corrected chi connectivity index (χ1v) is 11.0. The molecule has 0 fully saturated rings. The van der Waals surface area contributed by atoms with Gasteiger partial charge in [-0.05, 0) is 52.7 Å². The minimum absolute atomic E-state index is 0.00776. The Bertz CT molecular complexity index is 1470. The van der Waals surface area contributed by atoms with Crippen molar-refractivity contribution >= 4 is 26.5 Å². The van der Waals surface area contributed by atoms with E-state index in [1.54, 1.807) is 42.5 Å². The highest BCUT2D eigenvalue weighted by atomic mass is 32.2. The molecule has 0 spiro atoms. The average Bonchev–Trinajstić information content (AvgIpc) is 3.05. The first kappa shape index (κ1) is 21.1. The summed E-state index contributed by atoms with van der Waals surface area (Å²) >= 11 is 0. The zero-order valence-corrected chi connectivity index (χ0v) is 17.8. The van der Waals surface area contributed by atoms with Gasteiger partial charge in [-0.1, -0.05) is 24.3 Å². The molecule has 0 bridgehead atoms. The highest BCUT2D eigenvalue weighted by Gasteiger charge is 2.21. The maximum Gasteiger partial charge on any atom is 0.262 e. The summed E-state index contributed by atoms with van der Waals surface area (Å²) in [5.41, 5.74) is 0.926. The molecular formula is C23H19N3O5S. The number of hydrogen-bond acceptors (Lipinski definition) is 6. The molecule has 0 unspecified atom stereocenters. The summed E-state index contributed by atoms with van der Waals surface area (Å²) in [7, 11) is -2.52. The number of benzene rings is 3. The van der Waals surface area contributed by atoms with Crippen LogP contribution >= 0.6 is 0 Å². The molecule has 32 heavy (non-hydrogen) atoms. The van der Waals surface area contributed by atoms with Gasteiger partial charge in [-0.3, -0.25) is 9.29 Å². The van der Waals surface area contributed by atoms with Gasteiger partial charge in [-0.25, -0.2) is 8.42 Å². The monoisotopic (exact) mass is 449 g/mol. The molecule has 162 valence electrons. The van der Waals surface area contributed by atoms with Crippen LogP contribution in [-0.2, 0) is 16.6 Å². The number of hydrogen-bond donors (Lipinski definition) is 3. The summed E-state index contributed by atoms with van der Waals surface area (Å²) in [4.78, 5) is -0.00776. The molecule has 0 saturated carbocycles. The number of nitriles is 1. The van der Waals surface area contributed by atoms with E-state index in [2.05, 4.69) is 4.72 Å². The standard InChI is InChI=1S/C23H19N3O5S/c1-31-19-7-5-17-6-8-20(11-18(17)10-19)32(29,30)25-21-12-22(27)26(23(21)28)14-16-4-2-3-15(9-16)13-24/h2-12,25,27-28H,14H2,1H3. The fraction of sp³-hybridized carbons (Fsp3) is 0.0870. The summed E-state index contributed by atoms with van der Waals surface area (Å²) in [6.45, 7) is 0.0463. The van der Waals surface area contributed by atoms with Crippen molar-refractivity contribution in [2.75, 3.05) is 11.8 Å². The van der Waals surface area contributed by atoms with E-state index in [-0.39, 0.29) is 23.0 Å². The number of anilines is 1. The average molecular weight is 449 g/mol. The van der Waals surface area contributed by atoms with E-state index in [9.17, 15) is 18.6 Å². The Morgan fingerprint density at radius 3 is 2.56 bits per heavy atom. The second-order valence-electron chi connectivity index (χ2n) is 7.12. The Balaban J connectivity index is 1.64. The maximum atomic E-state index is 12.9. The van der Waals surface area contributed by atoms with E-state index in [1.807, 2.05) is 12.1 Å². The molecule has 4 aromatic rings. The number of nitrogens with zero attached hydrogens (tertiary/aromatic N) is 2. The van der Waals surface area contributed by atoms with E-state index < -0.39 is 15.9 Å². The van der Waals surface area contributed by atoms with Crippen LogP contribution in [0.4, 0.5) is 5.69 Å². The molecule has 0 atom stereocenters. The van der Waals surface area contributed by atoms with Crippen LogP contribution < -0.4 is 9.46 Å². The highest BCUT2D eigenvalue weighted by Crippen LogP contribution is 2.35. The van der Waals surface area contributed by atoms with Crippen LogP contribution in [0.3, 0.4) is 0 Å². The third-order valence-corrected chi connectivity index (χ3v) is 6.38. The van der Waals surface area contributed by atoms with Crippen molar-refractivity contribution in [3.63, 3.8) is 0 Å². The minimum Gasteiger partial charge on any atom is -0.497 e. The zero-order chi connectivity index (χ0) is 22.9. The minimum atomic E-state index is -4.05. The third kappa shape index (κ3) is 4.04. The van der Waals surface area contributed by atoms with Crippen molar-refractivity contribution in [1.29, 1.82) is 5.26 Å². The number of sulfonamides is 1. The molecule has 8 nitrogen and oxygen atoms in total. The lowest BCUT2D eigenvalue weighted by molar-refractivity contribution is 0.378. The van der Waals surface area contributed by atoms with E-state index in [1.165, 1.54) is 19.2 Å². The Hall–Kier alpha value is -4.16. The number of ether oxygens (including phenoxy) is 1. The molecule has 9 heteroatoms. The van der Waals surface area contributed by atoms with Crippen LogP contribution in [0.5, 0.6) is 17.5 Å². The zero-order valence-electron chi connectivity index (χ0n) is 17.0. The second kappa shape index (κ2) is 8.17. The predicted octanol–water partition coefficient (Wildman–Crippen LogP) is 3.78. The molecule has 4 rings (SSSR count). The van der Waals surface area contributed by atoms with Gasteiger partial charge in [0.05, 0.1) is 30.2 Å². The van der Waals surface area contributed by atoms with Crippen molar-refractivity contribution in [3.8, 4) is 23.6 Å². The Kier molecular flexibility index (Phi) is 5.38. The molecule has 1 aromatic heterocycles. The molecular weight excluding hydrogens is 430 g/mol. The van der Waals surface area contributed by atoms with Gasteiger partial charge in [-0.15, -0.1) is 0 Å². The van der Waals surface area contributed by atoms with Crippen LogP contribution in [0.15, 0.2) is 71.6 Å². The lowest BCUT2D eigenvalue weighted by atomic mass is 10.1. The van der Waals surface area contributed by atoms with Crippen LogP contribution in [0.25, 0.3) is 10.8 Å². The molecule has 0 radical (unpaired) electrons. The molecule has 0 aliphatic rings. The molecule has 3 aromatic carbocycles. The predicted molar refractivity (Wildman–Crippen MR) is 119 cm³/mol. The Labute approximate surface area is 184 Å². The molecule has 0 saturated heterocycles. The number of fused-ring (bicyclic) bond motifs is 1. The lowest BCUT2D eigenvalue weighted by Gasteiger charge is -2.10. The molecule has 0 aliphatic carbocycles. The largest absolute Gasteiger partial charge is 0.497 e. The smallest absolute Gasteiger partial charge is 0.262 e. The van der Waals surface area contributed by atoms with E-state index >= 15 is 0 Å². The fourth-order valence-corrected chi connectivity index (χ4v) is 4.47. The van der Waals surface area contributed by atoms with E-state index in [0.717, 1.165) is 16.0 Å². The molecule has 1 heterocycles. The van der Waals surface area contributed by atoms with Crippen LogP contribution in [0.1, 0.15) is 11.1 Å². The van der Waals surface area contributed by atoms with Crippen molar-refractivity contribution in [2.45, 2.75) is 11.4 Å². The summed E-state index contributed by atoms with van der Waals surface area (Å²) in [6, 6.07) is 19.8. The number of aromatic nitrogens is 1. The number of nitrogens with one attached hydrogen (secondary N) is 1. The first-order valence-electron chi connectivity index (χ1n) is 9.52. The Morgan fingerprint density at radius 1 is 1.03 bits per heavy atom. The topological polar surface area (TPSA) is 125 Å². The van der Waals surface area contributed by atoms with Gasteiger partial charge in [0, 0.05) is 6.07 Å². The van der Waals surface area contributed by atoms with Gasteiger partial charge in [0.1, 0.15) is 11.4 Å². The summed E-state index contributed by atoms with van der Waals surface area (Å²) in [5, 5.41) is 31.3. The van der Waals surface area contributed by atoms with Crippen molar-refractivity contribution in [2.24, 2.45) is 0 Å². The summed E-state index contributed by atoms with van der Waals surface area (Å²) in [6.07, 6.45) is 0. The number of methoxy groups -OCH3 is 1. The van der Waals surface area contributed by atoms with Crippen molar-refractivity contribution in [1.82, 2.24) is 4.57 Å². The fourth-order valence-electron chi connectivity index (χ4n) is 3.38. The maximum absolute atomic E-state index is 12.9. The highest BCUT2D eigenvalue weighted by molar-refractivity contribution is 7.92. The number of aromatic hydroxyl groups is 2. The van der Waals surface area contributed by atoms with Gasteiger partial charge < -0.3 is 14.9 Å². The van der Waals surface area contributed by atoms with Crippen molar-refractivity contribution < 1.29 is 23.4 Å². The molecule has 3 N–H and O–H groups in total. The quantitative estimate of drug-likeness (QED) is 0.411. The van der Waals surface area contributed by atoms with Gasteiger partial charge in [0.15, 0.2) is 5.88 Å². The second-order valence-corrected chi connectivity index (χ2v) is 8.80. The van der Waals surface area contributed by atoms with Crippen LogP contribution in [0.2, 0.25) is 0 Å². The van der Waals surface area contributed by atoms with Gasteiger partial charge >= 0.3 is 0 Å². The Morgan fingerprint density at radius 2 is 1.81 bits per heavy atom. The summed E-state index contributed by atoms with van der Waals surface area (Å²) < 4.78 is 34.5. The van der Waals surface area contributed by atoms with Crippen molar-refractivity contribution in [3.05, 3.63) is 77.9 Å². The third-order valence-electron chi connectivity index (χ3n) is 5.02. The van der Waals surface area contributed by atoms with E-state index in [4.69, 9.17) is 10.00 Å². The normalized spacial score (nSPS) is 11.2. The first-order chi connectivity index (χ1) is 15.3. The molecule has 0 amide bonds. The van der Waals surface area contributed by atoms with Gasteiger partial charge in [0.2, 0.25) is 5.88 Å². The number of rotatable bonds is 6. The van der Waals surface area contributed by atoms with E-state index in [0.29, 0.717) is 22.3 Å². The lowest BCUT2D eigenvalue weighted by Crippen LogP contribution is -2.12. The SMILES string of the molecule is COc1ccc2ccc(S(=O)(=O)Nc3cc(O)n(Cc4cccc(C#N)c4)c3O)cc2c1. The molecule has 0 aliphatic heterocycles. The van der Waals surface area contributed by atoms with Gasteiger partial charge in [-0.2, -0.15) is 5.26 Å². The van der Waals surface area contributed by atoms with Gasteiger partial charge in [0.25, 0.3) is 10.0 Å².